The van der Waals surface area contributed by atoms with Crippen LogP contribution in [0.2, 0.25) is 0 Å². The number of thiazole rings is 1. The SMILES string of the molecule is CCOC(=O)C1=C(C)N=c2s/c(=C\c3ccc(-c4cccc(C(=O)OCC)c4)o3)c(=O)n2[C@@H]1c1ccc(SC)cc1. The maximum absolute atomic E-state index is 13.8. The summed E-state index contributed by atoms with van der Waals surface area (Å²) in [7, 11) is 0. The molecule has 0 spiro atoms. The predicted molar refractivity (Wildman–Crippen MR) is 159 cm³/mol. The van der Waals surface area contributed by atoms with Gasteiger partial charge in [-0.25, -0.2) is 14.6 Å². The van der Waals surface area contributed by atoms with Gasteiger partial charge in [0.25, 0.3) is 5.56 Å². The van der Waals surface area contributed by atoms with Crippen molar-refractivity contribution in [2.75, 3.05) is 19.5 Å². The van der Waals surface area contributed by atoms with Gasteiger partial charge in [-0.15, -0.1) is 11.8 Å². The highest BCUT2D eigenvalue weighted by atomic mass is 32.2. The second kappa shape index (κ2) is 12.2. The van der Waals surface area contributed by atoms with Gasteiger partial charge in [0.1, 0.15) is 11.5 Å². The summed E-state index contributed by atoms with van der Waals surface area (Å²) in [5.41, 5.74) is 2.48. The van der Waals surface area contributed by atoms with E-state index in [4.69, 9.17) is 13.9 Å². The number of hydrogen-bond acceptors (Lipinski definition) is 9. The third-order valence-electron chi connectivity index (χ3n) is 6.51. The fraction of sp³-hybridized carbons (Fsp3) is 0.226. The van der Waals surface area contributed by atoms with Crippen molar-refractivity contribution in [3.8, 4) is 11.3 Å². The van der Waals surface area contributed by atoms with E-state index in [1.807, 2.05) is 36.6 Å². The molecule has 0 amide bonds. The first-order valence-electron chi connectivity index (χ1n) is 13.1. The fourth-order valence-corrected chi connectivity index (χ4v) is 6.06. The third kappa shape index (κ3) is 5.71. The smallest absolute Gasteiger partial charge is 0.338 e. The van der Waals surface area contributed by atoms with E-state index in [9.17, 15) is 14.4 Å². The Morgan fingerprint density at radius 2 is 1.78 bits per heavy atom. The van der Waals surface area contributed by atoms with E-state index in [0.29, 0.717) is 43.3 Å². The molecule has 3 heterocycles. The molecule has 0 unspecified atom stereocenters. The number of carbonyl (C=O) groups is 2. The molecule has 10 heteroatoms. The van der Waals surface area contributed by atoms with E-state index in [1.165, 1.54) is 11.3 Å². The van der Waals surface area contributed by atoms with Crippen LogP contribution in [-0.2, 0) is 14.3 Å². The van der Waals surface area contributed by atoms with Gasteiger partial charge in [-0.3, -0.25) is 9.36 Å². The van der Waals surface area contributed by atoms with E-state index in [1.54, 1.807) is 73.5 Å². The van der Waals surface area contributed by atoms with Crippen LogP contribution in [0.1, 0.15) is 48.5 Å². The number of benzene rings is 2. The van der Waals surface area contributed by atoms with Crippen LogP contribution >= 0.6 is 23.1 Å². The first-order valence-corrected chi connectivity index (χ1v) is 15.1. The van der Waals surface area contributed by atoms with Gasteiger partial charge in [0, 0.05) is 16.5 Å². The minimum atomic E-state index is -0.680. The van der Waals surface area contributed by atoms with Crippen molar-refractivity contribution in [3.05, 3.63) is 109 Å². The van der Waals surface area contributed by atoms with Gasteiger partial charge in [0.15, 0.2) is 4.80 Å². The highest BCUT2D eigenvalue weighted by Crippen LogP contribution is 2.32. The number of carbonyl (C=O) groups excluding carboxylic acids is 2. The Kier molecular flexibility index (Phi) is 8.41. The van der Waals surface area contributed by atoms with Gasteiger partial charge < -0.3 is 13.9 Å². The van der Waals surface area contributed by atoms with E-state index in [0.717, 1.165) is 10.5 Å². The zero-order valence-corrected chi connectivity index (χ0v) is 24.6. The summed E-state index contributed by atoms with van der Waals surface area (Å²) in [5.74, 6) is 0.108. The molecule has 4 aromatic rings. The van der Waals surface area contributed by atoms with E-state index in [2.05, 4.69) is 4.99 Å². The molecule has 8 nitrogen and oxygen atoms in total. The molecular formula is C31H28N2O6S2. The lowest BCUT2D eigenvalue weighted by atomic mass is 9.96. The van der Waals surface area contributed by atoms with Gasteiger partial charge in [-0.1, -0.05) is 35.6 Å². The monoisotopic (exact) mass is 588 g/mol. The molecule has 0 N–H and O–H groups in total. The number of ether oxygens (including phenoxy) is 2. The molecule has 0 radical (unpaired) electrons. The van der Waals surface area contributed by atoms with Crippen LogP contribution in [0.25, 0.3) is 17.4 Å². The zero-order chi connectivity index (χ0) is 29.1. The first-order chi connectivity index (χ1) is 19.8. The van der Waals surface area contributed by atoms with Crippen LogP contribution in [0, 0.1) is 0 Å². The quantitative estimate of drug-likeness (QED) is 0.212. The van der Waals surface area contributed by atoms with Gasteiger partial charge in [-0.2, -0.15) is 0 Å². The molecule has 1 aliphatic heterocycles. The van der Waals surface area contributed by atoms with Gasteiger partial charge in [0.05, 0.1) is 40.6 Å². The Labute approximate surface area is 244 Å². The van der Waals surface area contributed by atoms with E-state index >= 15 is 0 Å². The Balaban J connectivity index is 1.57. The van der Waals surface area contributed by atoms with Crippen molar-refractivity contribution in [1.82, 2.24) is 4.57 Å². The topological polar surface area (TPSA) is 100 Å². The second-order valence-corrected chi connectivity index (χ2v) is 11.0. The van der Waals surface area contributed by atoms with Crippen molar-refractivity contribution in [2.24, 2.45) is 4.99 Å². The molecule has 2 aromatic heterocycles. The lowest BCUT2D eigenvalue weighted by Crippen LogP contribution is -2.39. The molecule has 0 aliphatic carbocycles. The Morgan fingerprint density at radius 3 is 2.49 bits per heavy atom. The van der Waals surface area contributed by atoms with Crippen LogP contribution in [0.15, 0.2) is 91.0 Å². The number of fused-ring (bicyclic) bond motifs is 1. The van der Waals surface area contributed by atoms with Crippen LogP contribution in [-0.4, -0.2) is 36.0 Å². The second-order valence-electron chi connectivity index (χ2n) is 9.08. The first kappa shape index (κ1) is 28.4. The van der Waals surface area contributed by atoms with Crippen LogP contribution < -0.4 is 14.9 Å². The van der Waals surface area contributed by atoms with Gasteiger partial charge >= 0.3 is 11.9 Å². The Hall–Kier alpha value is -4.15. The summed E-state index contributed by atoms with van der Waals surface area (Å²) in [5, 5.41) is 0. The van der Waals surface area contributed by atoms with Crippen molar-refractivity contribution in [2.45, 2.75) is 31.7 Å². The number of thioether (sulfide) groups is 1. The normalized spacial score (nSPS) is 14.9. The largest absolute Gasteiger partial charge is 0.463 e. The summed E-state index contributed by atoms with van der Waals surface area (Å²) in [6.07, 6.45) is 3.66. The molecule has 0 bridgehead atoms. The van der Waals surface area contributed by atoms with Gasteiger partial charge in [0.2, 0.25) is 0 Å². The number of allylic oxidation sites excluding steroid dienone is 1. The maximum atomic E-state index is 13.8. The molecule has 0 saturated heterocycles. The number of esters is 2. The summed E-state index contributed by atoms with van der Waals surface area (Å²) in [4.78, 5) is 45.2. The van der Waals surface area contributed by atoms with Crippen molar-refractivity contribution >= 4 is 41.1 Å². The summed E-state index contributed by atoms with van der Waals surface area (Å²) in [6, 6.07) is 17.6. The summed E-state index contributed by atoms with van der Waals surface area (Å²) >= 11 is 2.84. The van der Waals surface area contributed by atoms with Crippen molar-refractivity contribution in [1.29, 1.82) is 0 Å². The number of aromatic nitrogens is 1. The summed E-state index contributed by atoms with van der Waals surface area (Å²) in [6.45, 7) is 5.76. The van der Waals surface area contributed by atoms with Gasteiger partial charge in [-0.05, 0) is 69.0 Å². The summed E-state index contributed by atoms with van der Waals surface area (Å²) < 4.78 is 18.5. The molecule has 5 rings (SSSR count). The highest BCUT2D eigenvalue weighted by molar-refractivity contribution is 7.98. The minimum Gasteiger partial charge on any atom is -0.463 e. The lowest BCUT2D eigenvalue weighted by Gasteiger charge is -2.24. The zero-order valence-electron chi connectivity index (χ0n) is 23.0. The molecular weight excluding hydrogens is 560 g/mol. The van der Waals surface area contributed by atoms with Crippen molar-refractivity contribution in [3.63, 3.8) is 0 Å². The average Bonchev–Trinajstić information content (AvgIpc) is 3.57. The molecule has 0 saturated carbocycles. The van der Waals surface area contributed by atoms with Crippen LogP contribution in [0.4, 0.5) is 0 Å². The minimum absolute atomic E-state index is 0.210. The number of nitrogens with zero attached hydrogens (tertiary/aromatic N) is 2. The number of furan rings is 1. The van der Waals surface area contributed by atoms with E-state index in [-0.39, 0.29) is 18.8 Å². The van der Waals surface area contributed by atoms with Crippen LogP contribution in [0.3, 0.4) is 0 Å². The lowest BCUT2D eigenvalue weighted by molar-refractivity contribution is -0.139. The third-order valence-corrected chi connectivity index (χ3v) is 8.23. The van der Waals surface area contributed by atoms with Crippen LogP contribution in [0.5, 0.6) is 0 Å². The predicted octanol–water partition coefficient (Wildman–Crippen LogP) is 4.96. The molecule has 0 fully saturated rings. The molecule has 1 aliphatic rings. The molecule has 210 valence electrons. The van der Waals surface area contributed by atoms with Crippen molar-refractivity contribution < 1.29 is 23.5 Å². The molecule has 2 aromatic carbocycles. The van der Waals surface area contributed by atoms with E-state index < -0.39 is 18.0 Å². The average molecular weight is 589 g/mol. The highest BCUT2D eigenvalue weighted by Gasteiger charge is 2.33. The maximum Gasteiger partial charge on any atom is 0.338 e. The fourth-order valence-electron chi connectivity index (χ4n) is 4.62. The molecule has 1 atom stereocenters. The Bertz CT molecular complexity index is 1830. The Morgan fingerprint density at radius 1 is 1.05 bits per heavy atom. The number of rotatable bonds is 8. The standard InChI is InChI=1S/C31H28N2O6S2/c1-5-37-29(35)21-9-7-8-20(16-21)24-15-12-22(39-24)17-25-28(34)33-27(19-10-13-23(40-4)14-11-19)26(30(36)38-6-2)18(3)32-31(33)41-25/h7-17,27H,5-6H2,1-4H3/b25-17-/t27-/m1/s1. The number of hydrogen-bond donors (Lipinski definition) is 0. The molecule has 41 heavy (non-hydrogen) atoms.